The lowest BCUT2D eigenvalue weighted by Crippen LogP contribution is -2.14. The van der Waals surface area contributed by atoms with Crippen molar-refractivity contribution in [2.24, 2.45) is 0 Å². The van der Waals surface area contributed by atoms with Gasteiger partial charge in [-0.15, -0.1) is 0 Å². The third-order valence-corrected chi connectivity index (χ3v) is 3.27. The number of rotatable bonds is 4. The van der Waals surface area contributed by atoms with Crippen LogP contribution in [0.2, 0.25) is 0 Å². The zero-order valence-electron chi connectivity index (χ0n) is 10.3. The Bertz CT molecular complexity index is 641. The summed E-state index contributed by atoms with van der Waals surface area (Å²) in [5, 5.41) is 0. The van der Waals surface area contributed by atoms with Crippen LogP contribution in [-0.2, 0) is 4.74 Å². The van der Waals surface area contributed by atoms with Crippen LogP contribution < -0.4 is 0 Å². The number of Topliss-reactive ketones (excluding diaryl/α,β-unsaturated/α-hetero) is 1. The number of halogens is 2. The van der Waals surface area contributed by atoms with Gasteiger partial charge in [0, 0.05) is 10.0 Å². The van der Waals surface area contributed by atoms with Crippen molar-refractivity contribution in [1.82, 2.24) is 0 Å². The summed E-state index contributed by atoms with van der Waals surface area (Å²) < 4.78 is 18.4. The van der Waals surface area contributed by atoms with E-state index in [9.17, 15) is 14.0 Å². The highest BCUT2D eigenvalue weighted by Gasteiger charge is 2.15. The van der Waals surface area contributed by atoms with Crippen molar-refractivity contribution in [3.05, 3.63) is 69.9 Å². The minimum absolute atomic E-state index is 0.0471. The molecule has 0 saturated heterocycles. The number of esters is 1. The number of ketones is 1. The Labute approximate surface area is 123 Å². The summed E-state index contributed by atoms with van der Waals surface area (Å²) in [6.45, 7) is -0.383. The van der Waals surface area contributed by atoms with Crippen LogP contribution in [0.25, 0.3) is 0 Å². The van der Waals surface area contributed by atoms with Crippen molar-refractivity contribution in [3.8, 4) is 0 Å². The molecule has 0 radical (unpaired) electrons. The zero-order chi connectivity index (χ0) is 14.5. The molecule has 0 unspecified atom stereocenters. The van der Waals surface area contributed by atoms with Gasteiger partial charge in [-0.3, -0.25) is 4.79 Å². The van der Waals surface area contributed by atoms with Crippen LogP contribution >= 0.6 is 15.9 Å². The Balaban J connectivity index is 2.02. The van der Waals surface area contributed by atoms with Gasteiger partial charge in [0.25, 0.3) is 0 Å². The Morgan fingerprint density at radius 3 is 2.50 bits per heavy atom. The predicted molar refractivity (Wildman–Crippen MR) is 75.2 cm³/mol. The highest BCUT2D eigenvalue weighted by Crippen LogP contribution is 2.18. The van der Waals surface area contributed by atoms with Crippen molar-refractivity contribution in [3.63, 3.8) is 0 Å². The molecule has 20 heavy (non-hydrogen) atoms. The third-order valence-electron chi connectivity index (χ3n) is 2.58. The van der Waals surface area contributed by atoms with Gasteiger partial charge in [-0.1, -0.05) is 30.3 Å². The monoisotopic (exact) mass is 336 g/mol. The molecule has 0 aliphatic rings. The van der Waals surface area contributed by atoms with Crippen LogP contribution in [0.5, 0.6) is 0 Å². The molecular formula is C15H10BrFO3. The van der Waals surface area contributed by atoms with Crippen LogP contribution in [-0.4, -0.2) is 18.4 Å². The summed E-state index contributed by atoms with van der Waals surface area (Å²) in [6.07, 6.45) is 0. The second-order valence-electron chi connectivity index (χ2n) is 3.99. The van der Waals surface area contributed by atoms with E-state index in [0.29, 0.717) is 10.0 Å². The number of hydrogen-bond donors (Lipinski definition) is 0. The van der Waals surface area contributed by atoms with Crippen LogP contribution in [0.4, 0.5) is 4.39 Å². The smallest absolute Gasteiger partial charge is 0.339 e. The van der Waals surface area contributed by atoms with Crippen molar-refractivity contribution in [2.75, 3.05) is 6.61 Å². The molecule has 0 spiro atoms. The van der Waals surface area contributed by atoms with E-state index in [1.165, 1.54) is 12.1 Å². The minimum Gasteiger partial charge on any atom is -0.454 e. The van der Waals surface area contributed by atoms with E-state index in [-0.39, 0.29) is 18.0 Å². The summed E-state index contributed by atoms with van der Waals surface area (Å²) in [6, 6.07) is 12.2. The van der Waals surface area contributed by atoms with Crippen LogP contribution in [0.15, 0.2) is 53.0 Å². The van der Waals surface area contributed by atoms with Gasteiger partial charge < -0.3 is 4.74 Å². The van der Waals surface area contributed by atoms with Crippen LogP contribution in [0.1, 0.15) is 20.7 Å². The number of benzene rings is 2. The van der Waals surface area contributed by atoms with Gasteiger partial charge in [0.1, 0.15) is 5.82 Å². The van der Waals surface area contributed by atoms with Crippen molar-refractivity contribution < 1.29 is 18.7 Å². The summed E-state index contributed by atoms with van der Waals surface area (Å²) in [5.74, 6) is -1.61. The van der Waals surface area contributed by atoms with Crippen LogP contribution in [0, 0.1) is 5.82 Å². The Morgan fingerprint density at radius 2 is 1.80 bits per heavy atom. The quantitative estimate of drug-likeness (QED) is 0.632. The van der Waals surface area contributed by atoms with Gasteiger partial charge in [0.05, 0.1) is 5.56 Å². The van der Waals surface area contributed by atoms with Gasteiger partial charge in [-0.25, -0.2) is 9.18 Å². The highest BCUT2D eigenvalue weighted by molar-refractivity contribution is 9.10. The third kappa shape index (κ3) is 3.51. The molecule has 5 heteroatoms. The molecule has 0 aromatic heterocycles. The molecule has 0 saturated carbocycles. The molecule has 2 aromatic rings. The molecule has 2 rings (SSSR count). The highest BCUT2D eigenvalue weighted by atomic mass is 79.9. The summed E-state index contributed by atoms with van der Waals surface area (Å²) in [7, 11) is 0. The predicted octanol–water partition coefficient (Wildman–Crippen LogP) is 3.63. The van der Waals surface area contributed by atoms with Gasteiger partial charge in [0.15, 0.2) is 12.4 Å². The Morgan fingerprint density at radius 1 is 1.10 bits per heavy atom. The zero-order valence-corrected chi connectivity index (χ0v) is 11.9. The van der Waals surface area contributed by atoms with E-state index < -0.39 is 11.8 Å². The average Bonchev–Trinajstić information content (AvgIpc) is 2.47. The molecular weight excluding hydrogens is 327 g/mol. The van der Waals surface area contributed by atoms with Crippen molar-refractivity contribution in [2.45, 2.75) is 0 Å². The molecule has 0 amide bonds. The number of carbonyl (C=O) groups excluding carboxylic acids is 2. The molecule has 102 valence electrons. The molecule has 3 nitrogen and oxygen atoms in total. The first-order chi connectivity index (χ1) is 9.58. The van der Waals surface area contributed by atoms with Gasteiger partial charge >= 0.3 is 5.97 Å². The van der Waals surface area contributed by atoms with E-state index in [1.807, 2.05) is 0 Å². The number of hydrogen-bond acceptors (Lipinski definition) is 3. The molecule has 0 N–H and O–H groups in total. The topological polar surface area (TPSA) is 43.4 Å². The maximum Gasteiger partial charge on any atom is 0.339 e. The number of carbonyl (C=O) groups is 2. The SMILES string of the molecule is O=C(COC(=O)c1cc(F)ccc1Br)c1ccccc1. The molecule has 0 bridgehead atoms. The molecule has 0 aliphatic carbocycles. The first kappa shape index (κ1) is 14.4. The van der Waals surface area contributed by atoms with E-state index in [2.05, 4.69) is 15.9 Å². The lowest BCUT2D eigenvalue weighted by molar-refractivity contribution is 0.0473. The van der Waals surface area contributed by atoms with Crippen molar-refractivity contribution >= 4 is 27.7 Å². The lowest BCUT2D eigenvalue weighted by atomic mass is 10.1. The minimum atomic E-state index is -0.749. The molecule has 0 heterocycles. The van der Waals surface area contributed by atoms with E-state index >= 15 is 0 Å². The molecule has 2 aromatic carbocycles. The fraction of sp³-hybridized carbons (Fsp3) is 0.0667. The maximum atomic E-state index is 13.1. The fourth-order valence-corrected chi connectivity index (χ4v) is 1.98. The van der Waals surface area contributed by atoms with Crippen LogP contribution in [0.3, 0.4) is 0 Å². The lowest BCUT2D eigenvalue weighted by Gasteiger charge is -2.06. The van der Waals surface area contributed by atoms with E-state index in [0.717, 1.165) is 6.07 Å². The summed E-state index contributed by atoms with van der Waals surface area (Å²) >= 11 is 3.13. The normalized spacial score (nSPS) is 10.1. The summed E-state index contributed by atoms with van der Waals surface area (Å²) in [5.41, 5.74) is 0.504. The number of ether oxygens (including phenoxy) is 1. The van der Waals surface area contributed by atoms with E-state index in [1.54, 1.807) is 30.3 Å². The molecule has 0 aliphatic heterocycles. The Kier molecular flexibility index (Phi) is 4.63. The Hall–Kier alpha value is -2.01. The second-order valence-corrected chi connectivity index (χ2v) is 4.84. The van der Waals surface area contributed by atoms with Gasteiger partial charge in [-0.05, 0) is 34.1 Å². The van der Waals surface area contributed by atoms with Gasteiger partial charge in [-0.2, -0.15) is 0 Å². The summed E-state index contributed by atoms with van der Waals surface area (Å²) in [4.78, 5) is 23.6. The first-order valence-electron chi connectivity index (χ1n) is 5.78. The maximum absolute atomic E-state index is 13.1. The first-order valence-corrected chi connectivity index (χ1v) is 6.57. The standard InChI is InChI=1S/C15H10BrFO3/c16-13-7-6-11(17)8-12(13)15(19)20-9-14(18)10-4-2-1-3-5-10/h1-8H,9H2. The molecule has 0 atom stereocenters. The fourth-order valence-electron chi connectivity index (χ4n) is 1.57. The average molecular weight is 337 g/mol. The largest absolute Gasteiger partial charge is 0.454 e. The molecule has 0 fully saturated rings. The second kappa shape index (κ2) is 6.43. The van der Waals surface area contributed by atoms with E-state index in [4.69, 9.17) is 4.74 Å². The van der Waals surface area contributed by atoms with Crippen molar-refractivity contribution in [1.29, 1.82) is 0 Å². The van der Waals surface area contributed by atoms with Gasteiger partial charge in [0.2, 0.25) is 0 Å².